The highest BCUT2D eigenvalue weighted by Crippen LogP contribution is 2.18. The second-order valence-corrected chi connectivity index (χ2v) is 3.51. The van der Waals surface area contributed by atoms with Crippen LogP contribution in [0.2, 0.25) is 0 Å². The predicted molar refractivity (Wildman–Crippen MR) is 55.7 cm³/mol. The SMILES string of the molecule is N#CCc1ccc(-c2cs[c]n2)cc1. The lowest BCUT2D eigenvalue weighted by Gasteiger charge is -1.97. The molecule has 0 fully saturated rings. The van der Waals surface area contributed by atoms with E-state index in [4.69, 9.17) is 5.26 Å². The molecule has 0 bridgehead atoms. The smallest absolute Gasteiger partial charge is 0.152 e. The molecule has 0 saturated carbocycles. The first-order valence-electron chi connectivity index (χ1n) is 4.18. The van der Waals surface area contributed by atoms with Crippen molar-refractivity contribution < 1.29 is 0 Å². The van der Waals surface area contributed by atoms with Gasteiger partial charge >= 0.3 is 0 Å². The molecule has 3 heteroatoms. The Bertz CT molecular complexity index is 437. The van der Waals surface area contributed by atoms with Crippen LogP contribution in [-0.2, 0) is 6.42 Å². The maximum atomic E-state index is 8.51. The molecular weight excluding hydrogens is 192 g/mol. The maximum Gasteiger partial charge on any atom is 0.152 e. The molecular formula is C11H7N2S. The minimum Gasteiger partial charge on any atom is -0.233 e. The summed E-state index contributed by atoms with van der Waals surface area (Å²) in [5.74, 6) is 0. The fourth-order valence-corrected chi connectivity index (χ4v) is 1.71. The van der Waals surface area contributed by atoms with Gasteiger partial charge in [-0.05, 0) is 5.56 Å². The molecule has 1 radical (unpaired) electrons. The van der Waals surface area contributed by atoms with E-state index in [0.29, 0.717) is 6.42 Å². The minimum atomic E-state index is 0.462. The van der Waals surface area contributed by atoms with Gasteiger partial charge in [-0.1, -0.05) is 24.3 Å². The molecule has 0 amide bonds. The van der Waals surface area contributed by atoms with Crippen LogP contribution in [-0.4, -0.2) is 4.98 Å². The monoisotopic (exact) mass is 199 g/mol. The summed E-state index contributed by atoms with van der Waals surface area (Å²) < 4.78 is 0. The molecule has 0 aliphatic rings. The molecule has 0 atom stereocenters. The predicted octanol–water partition coefficient (Wildman–Crippen LogP) is 2.68. The highest BCUT2D eigenvalue weighted by molar-refractivity contribution is 7.07. The van der Waals surface area contributed by atoms with Crippen LogP contribution in [0.1, 0.15) is 5.56 Å². The molecule has 14 heavy (non-hydrogen) atoms. The van der Waals surface area contributed by atoms with Crippen molar-refractivity contribution in [3.63, 3.8) is 0 Å². The normalized spacial score (nSPS) is 9.64. The van der Waals surface area contributed by atoms with Crippen molar-refractivity contribution in [2.45, 2.75) is 6.42 Å². The number of benzene rings is 1. The second-order valence-electron chi connectivity index (χ2n) is 2.86. The van der Waals surface area contributed by atoms with Crippen molar-refractivity contribution in [2.75, 3.05) is 0 Å². The van der Waals surface area contributed by atoms with Gasteiger partial charge in [-0.15, -0.1) is 11.3 Å². The third kappa shape index (κ3) is 1.81. The summed E-state index contributed by atoms with van der Waals surface area (Å²) >= 11 is 1.46. The molecule has 0 saturated heterocycles. The van der Waals surface area contributed by atoms with Gasteiger partial charge in [0.25, 0.3) is 0 Å². The van der Waals surface area contributed by atoms with Gasteiger partial charge in [0.05, 0.1) is 18.2 Å². The molecule has 0 unspecified atom stereocenters. The third-order valence-corrected chi connectivity index (χ3v) is 2.46. The Labute approximate surface area is 86.5 Å². The lowest BCUT2D eigenvalue weighted by Crippen LogP contribution is -1.82. The van der Waals surface area contributed by atoms with E-state index in [-0.39, 0.29) is 0 Å². The number of hydrogen-bond acceptors (Lipinski definition) is 3. The van der Waals surface area contributed by atoms with E-state index in [1.165, 1.54) is 11.3 Å². The zero-order chi connectivity index (χ0) is 9.80. The van der Waals surface area contributed by atoms with E-state index in [0.717, 1.165) is 16.8 Å². The molecule has 0 N–H and O–H groups in total. The summed E-state index contributed by atoms with van der Waals surface area (Å²) in [6.45, 7) is 0. The van der Waals surface area contributed by atoms with Crippen molar-refractivity contribution in [2.24, 2.45) is 0 Å². The summed E-state index contributed by atoms with van der Waals surface area (Å²) in [6.07, 6.45) is 0.462. The Morgan fingerprint density at radius 3 is 2.71 bits per heavy atom. The number of aromatic nitrogens is 1. The average Bonchev–Trinajstić information content (AvgIpc) is 2.72. The molecule has 67 valence electrons. The molecule has 2 rings (SSSR count). The molecule has 1 aromatic heterocycles. The summed E-state index contributed by atoms with van der Waals surface area (Å²) in [7, 11) is 0. The van der Waals surface area contributed by atoms with E-state index in [1.807, 2.05) is 29.6 Å². The Hall–Kier alpha value is -1.66. The van der Waals surface area contributed by atoms with Gasteiger partial charge in [0, 0.05) is 10.9 Å². The lowest BCUT2D eigenvalue weighted by molar-refractivity contribution is 1.26. The third-order valence-electron chi connectivity index (χ3n) is 1.92. The topological polar surface area (TPSA) is 36.7 Å². The molecule has 2 nitrogen and oxygen atoms in total. The molecule has 1 aromatic carbocycles. The van der Waals surface area contributed by atoms with Crippen molar-refractivity contribution in [3.8, 4) is 17.3 Å². The zero-order valence-corrected chi connectivity index (χ0v) is 8.21. The quantitative estimate of drug-likeness (QED) is 0.745. The first-order chi connectivity index (χ1) is 6.90. The summed E-state index contributed by atoms with van der Waals surface area (Å²) in [4.78, 5) is 4.09. The average molecular weight is 199 g/mol. The van der Waals surface area contributed by atoms with Gasteiger partial charge in [-0.2, -0.15) is 5.26 Å². The number of thiazole rings is 1. The number of nitriles is 1. The Kier molecular flexibility index (Phi) is 2.57. The number of nitrogens with zero attached hydrogens (tertiary/aromatic N) is 2. The molecule has 0 spiro atoms. The van der Waals surface area contributed by atoms with Gasteiger partial charge in [-0.25, -0.2) is 4.98 Å². The fourth-order valence-electron chi connectivity index (χ4n) is 1.20. The van der Waals surface area contributed by atoms with Crippen LogP contribution >= 0.6 is 11.3 Å². The summed E-state index contributed by atoms with van der Waals surface area (Å²) in [5.41, 5.74) is 5.86. The number of rotatable bonds is 2. The van der Waals surface area contributed by atoms with Crippen molar-refractivity contribution in [1.82, 2.24) is 4.98 Å². The van der Waals surface area contributed by atoms with Gasteiger partial charge in [0.2, 0.25) is 0 Å². The van der Waals surface area contributed by atoms with Crippen molar-refractivity contribution >= 4 is 11.3 Å². The largest absolute Gasteiger partial charge is 0.233 e. The summed E-state index contributed by atoms with van der Waals surface area (Å²) in [6, 6.07) is 9.99. The molecule has 0 aliphatic heterocycles. The van der Waals surface area contributed by atoms with Crippen LogP contribution in [0.15, 0.2) is 29.6 Å². The highest BCUT2D eigenvalue weighted by atomic mass is 32.1. The highest BCUT2D eigenvalue weighted by Gasteiger charge is 1.99. The Balaban J connectivity index is 2.27. The maximum absolute atomic E-state index is 8.51. The first kappa shape index (κ1) is 8.92. The van der Waals surface area contributed by atoms with Crippen molar-refractivity contribution in [3.05, 3.63) is 40.7 Å². The minimum absolute atomic E-state index is 0.462. The molecule has 2 aromatic rings. The zero-order valence-electron chi connectivity index (χ0n) is 7.40. The summed E-state index contributed by atoms with van der Waals surface area (Å²) in [5, 5.41) is 10.5. The Morgan fingerprint density at radius 1 is 1.36 bits per heavy atom. The van der Waals surface area contributed by atoms with Crippen LogP contribution in [0.3, 0.4) is 0 Å². The Morgan fingerprint density at radius 2 is 2.14 bits per heavy atom. The van der Waals surface area contributed by atoms with E-state index in [9.17, 15) is 0 Å². The van der Waals surface area contributed by atoms with Crippen molar-refractivity contribution in [1.29, 1.82) is 5.26 Å². The second kappa shape index (κ2) is 4.03. The van der Waals surface area contributed by atoms with E-state index in [2.05, 4.69) is 16.6 Å². The standard InChI is InChI=1S/C11H7N2S/c12-6-5-9-1-3-10(4-2-9)11-7-14-8-13-11/h1-4,7H,5H2. The van der Waals surface area contributed by atoms with Crippen LogP contribution < -0.4 is 0 Å². The van der Waals surface area contributed by atoms with Gasteiger partial charge in [0.1, 0.15) is 0 Å². The lowest BCUT2D eigenvalue weighted by atomic mass is 10.1. The van der Waals surface area contributed by atoms with Gasteiger partial charge in [-0.3, -0.25) is 0 Å². The molecule has 0 aliphatic carbocycles. The van der Waals surface area contributed by atoms with Crippen LogP contribution in [0.4, 0.5) is 0 Å². The van der Waals surface area contributed by atoms with Gasteiger partial charge < -0.3 is 0 Å². The van der Waals surface area contributed by atoms with E-state index in [1.54, 1.807) is 0 Å². The first-order valence-corrected chi connectivity index (χ1v) is 5.06. The van der Waals surface area contributed by atoms with Gasteiger partial charge in [0.15, 0.2) is 5.51 Å². The fraction of sp³-hybridized carbons (Fsp3) is 0.0909. The van der Waals surface area contributed by atoms with Crippen LogP contribution in [0.25, 0.3) is 11.3 Å². The van der Waals surface area contributed by atoms with Crippen LogP contribution in [0, 0.1) is 16.8 Å². The van der Waals surface area contributed by atoms with E-state index >= 15 is 0 Å². The van der Waals surface area contributed by atoms with E-state index < -0.39 is 0 Å². The number of hydrogen-bond donors (Lipinski definition) is 0. The molecule has 1 heterocycles. The van der Waals surface area contributed by atoms with Crippen LogP contribution in [0.5, 0.6) is 0 Å².